The summed E-state index contributed by atoms with van der Waals surface area (Å²) in [5.74, 6) is -0.0720. The van der Waals surface area contributed by atoms with Crippen molar-refractivity contribution in [3.05, 3.63) is 71.0 Å². The minimum atomic E-state index is -0.193. The molecule has 0 aliphatic rings. The molecule has 118 valence electrons. The lowest BCUT2D eigenvalue weighted by atomic mass is 9.96. The molecule has 2 atom stereocenters. The highest BCUT2D eigenvalue weighted by molar-refractivity contribution is 5.26. The highest BCUT2D eigenvalue weighted by Gasteiger charge is 2.14. The zero-order valence-corrected chi connectivity index (χ0v) is 13.2. The molecule has 0 saturated carbocycles. The first kappa shape index (κ1) is 16.7. The number of hydrogen-bond donors (Lipinski definition) is 2. The molecule has 0 saturated heterocycles. The zero-order valence-electron chi connectivity index (χ0n) is 13.2. The number of aliphatic hydroxyl groups excluding tert-OH is 1. The van der Waals surface area contributed by atoms with Crippen LogP contribution < -0.4 is 5.32 Å². The van der Waals surface area contributed by atoms with E-state index in [9.17, 15) is 9.50 Å². The Morgan fingerprint density at radius 2 is 1.77 bits per heavy atom. The zero-order chi connectivity index (χ0) is 15.9. The average Bonchev–Trinajstić information content (AvgIpc) is 2.53. The van der Waals surface area contributed by atoms with Crippen molar-refractivity contribution >= 4 is 0 Å². The molecular formula is C19H24FNO. The van der Waals surface area contributed by atoms with Gasteiger partial charge in [0.25, 0.3) is 0 Å². The average molecular weight is 301 g/mol. The minimum absolute atomic E-state index is 0.0767. The quantitative estimate of drug-likeness (QED) is 0.818. The molecule has 0 aliphatic heterocycles. The smallest absolute Gasteiger partial charge is 0.127 e. The maximum Gasteiger partial charge on any atom is 0.127 e. The van der Waals surface area contributed by atoms with Gasteiger partial charge in [-0.15, -0.1) is 0 Å². The first-order valence-corrected chi connectivity index (χ1v) is 7.75. The molecule has 0 fully saturated rings. The topological polar surface area (TPSA) is 32.3 Å². The summed E-state index contributed by atoms with van der Waals surface area (Å²) in [5, 5.41) is 12.9. The lowest BCUT2D eigenvalue weighted by Gasteiger charge is -2.20. The third kappa shape index (κ3) is 4.39. The molecule has 2 aromatic rings. The molecule has 2 nitrogen and oxygen atoms in total. The van der Waals surface area contributed by atoms with Crippen LogP contribution in [0.15, 0.2) is 48.5 Å². The van der Waals surface area contributed by atoms with E-state index in [1.165, 1.54) is 17.2 Å². The van der Waals surface area contributed by atoms with Crippen molar-refractivity contribution in [3.63, 3.8) is 0 Å². The largest absolute Gasteiger partial charge is 0.396 e. The minimum Gasteiger partial charge on any atom is -0.396 e. The molecule has 22 heavy (non-hydrogen) atoms. The Morgan fingerprint density at radius 1 is 1.09 bits per heavy atom. The van der Waals surface area contributed by atoms with Crippen LogP contribution in [0, 0.1) is 18.7 Å². The normalized spacial score (nSPS) is 13.8. The second kappa shape index (κ2) is 8.06. The van der Waals surface area contributed by atoms with Crippen LogP contribution in [0.5, 0.6) is 0 Å². The van der Waals surface area contributed by atoms with E-state index in [2.05, 4.69) is 24.4 Å². The molecule has 2 rings (SSSR count). The number of benzene rings is 2. The maximum atomic E-state index is 13.8. The Labute approximate surface area is 132 Å². The van der Waals surface area contributed by atoms with E-state index in [0.29, 0.717) is 12.1 Å². The van der Waals surface area contributed by atoms with Gasteiger partial charge in [0.2, 0.25) is 0 Å². The van der Waals surface area contributed by atoms with Gasteiger partial charge in [-0.25, -0.2) is 4.39 Å². The van der Waals surface area contributed by atoms with Crippen LogP contribution in [-0.2, 0) is 6.42 Å². The summed E-state index contributed by atoms with van der Waals surface area (Å²) < 4.78 is 13.8. The standard InChI is InChI=1S/C19H24FNO/c1-14-7-3-4-8-17(14)11-16(13-22)12-21-15(2)18-9-5-6-10-19(18)20/h3-10,15-16,21-22H,11-13H2,1-2H3. The summed E-state index contributed by atoms with van der Waals surface area (Å²) in [6, 6.07) is 14.9. The van der Waals surface area contributed by atoms with Gasteiger partial charge >= 0.3 is 0 Å². The fourth-order valence-corrected chi connectivity index (χ4v) is 2.63. The van der Waals surface area contributed by atoms with Crippen molar-refractivity contribution in [3.8, 4) is 0 Å². The summed E-state index contributed by atoms with van der Waals surface area (Å²) in [5.41, 5.74) is 3.15. The third-order valence-electron chi connectivity index (χ3n) is 4.11. The molecule has 2 N–H and O–H groups in total. The van der Waals surface area contributed by atoms with Crippen molar-refractivity contribution in [1.29, 1.82) is 0 Å². The van der Waals surface area contributed by atoms with Crippen molar-refractivity contribution < 1.29 is 9.50 Å². The van der Waals surface area contributed by atoms with Crippen molar-refractivity contribution in [2.45, 2.75) is 26.3 Å². The molecule has 0 amide bonds. The Morgan fingerprint density at radius 3 is 2.45 bits per heavy atom. The van der Waals surface area contributed by atoms with Gasteiger partial charge in [0.15, 0.2) is 0 Å². The van der Waals surface area contributed by atoms with Gasteiger partial charge in [0.05, 0.1) is 0 Å². The molecule has 0 aromatic heterocycles. The van der Waals surface area contributed by atoms with Crippen LogP contribution in [0.3, 0.4) is 0 Å². The van der Waals surface area contributed by atoms with Gasteiger partial charge in [-0.2, -0.15) is 0 Å². The summed E-state index contributed by atoms with van der Waals surface area (Å²) >= 11 is 0. The summed E-state index contributed by atoms with van der Waals surface area (Å²) in [6.07, 6.45) is 0.820. The Bertz CT molecular complexity index is 599. The second-order valence-electron chi connectivity index (χ2n) is 5.83. The predicted molar refractivity (Wildman–Crippen MR) is 88.3 cm³/mol. The number of hydrogen-bond acceptors (Lipinski definition) is 2. The van der Waals surface area contributed by atoms with Crippen LogP contribution >= 0.6 is 0 Å². The van der Waals surface area contributed by atoms with E-state index in [1.54, 1.807) is 12.1 Å². The van der Waals surface area contributed by atoms with E-state index < -0.39 is 0 Å². The Balaban J connectivity index is 1.94. The van der Waals surface area contributed by atoms with Crippen LogP contribution in [-0.4, -0.2) is 18.3 Å². The predicted octanol–water partition coefficient (Wildman–Crippen LogP) is 3.64. The van der Waals surface area contributed by atoms with Crippen LogP contribution in [0.1, 0.15) is 29.7 Å². The number of nitrogens with one attached hydrogen (secondary N) is 1. The van der Waals surface area contributed by atoms with E-state index in [0.717, 1.165) is 6.42 Å². The number of halogens is 1. The van der Waals surface area contributed by atoms with Gasteiger partial charge < -0.3 is 10.4 Å². The lowest BCUT2D eigenvalue weighted by molar-refractivity contribution is 0.218. The van der Waals surface area contributed by atoms with Gasteiger partial charge in [0.1, 0.15) is 5.82 Å². The Hall–Kier alpha value is -1.71. The number of aliphatic hydroxyl groups is 1. The molecular weight excluding hydrogens is 277 g/mol. The van der Waals surface area contributed by atoms with Gasteiger partial charge in [-0.05, 0) is 43.4 Å². The third-order valence-corrected chi connectivity index (χ3v) is 4.11. The lowest BCUT2D eigenvalue weighted by Crippen LogP contribution is -2.29. The van der Waals surface area contributed by atoms with Crippen molar-refractivity contribution in [2.75, 3.05) is 13.2 Å². The number of aryl methyl sites for hydroxylation is 1. The molecule has 2 unspecified atom stereocenters. The first-order valence-electron chi connectivity index (χ1n) is 7.75. The monoisotopic (exact) mass is 301 g/mol. The summed E-state index contributed by atoms with van der Waals surface area (Å²) in [4.78, 5) is 0. The Kier molecular flexibility index (Phi) is 6.10. The van der Waals surface area contributed by atoms with Gasteiger partial charge in [-0.3, -0.25) is 0 Å². The first-order chi connectivity index (χ1) is 10.6. The molecule has 0 spiro atoms. The SMILES string of the molecule is Cc1ccccc1CC(CO)CNC(C)c1ccccc1F. The van der Waals surface area contributed by atoms with E-state index >= 15 is 0 Å². The maximum absolute atomic E-state index is 13.8. The summed E-state index contributed by atoms with van der Waals surface area (Å²) in [7, 11) is 0. The van der Waals surface area contributed by atoms with E-state index in [1.807, 2.05) is 25.1 Å². The molecule has 0 aliphatic carbocycles. The molecule has 0 radical (unpaired) electrons. The van der Waals surface area contributed by atoms with E-state index in [-0.39, 0.29) is 24.4 Å². The van der Waals surface area contributed by atoms with Crippen LogP contribution in [0.2, 0.25) is 0 Å². The van der Waals surface area contributed by atoms with Gasteiger partial charge in [0, 0.05) is 24.8 Å². The molecule has 0 heterocycles. The van der Waals surface area contributed by atoms with Crippen molar-refractivity contribution in [1.82, 2.24) is 5.32 Å². The van der Waals surface area contributed by atoms with Crippen LogP contribution in [0.25, 0.3) is 0 Å². The second-order valence-corrected chi connectivity index (χ2v) is 5.83. The highest BCUT2D eigenvalue weighted by atomic mass is 19.1. The number of rotatable bonds is 7. The molecule has 3 heteroatoms. The van der Waals surface area contributed by atoms with Crippen LogP contribution in [0.4, 0.5) is 4.39 Å². The van der Waals surface area contributed by atoms with E-state index in [4.69, 9.17) is 0 Å². The van der Waals surface area contributed by atoms with Crippen molar-refractivity contribution in [2.24, 2.45) is 5.92 Å². The molecule has 2 aromatic carbocycles. The fraction of sp³-hybridized carbons (Fsp3) is 0.368. The van der Waals surface area contributed by atoms with Gasteiger partial charge in [-0.1, -0.05) is 42.5 Å². The highest BCUT2D eigenvalue weighted by Crippen LogP contribution is 2.17. The summed E-state index contributed by atoms with van der Waals surface area (Å²) in [6.45, 7) is 4.80. The molecule has 0 bridgehead atoms. The fourth-order valence-electron chi connectivity index (χ4n) is 2.63.